The Morgan fingerprint density at radius 3 is 2.48 bits per heavy atom. The smallest absolute Gasteiger partial charge is 0.0766 e. The van der Waals surface area contributed by atoms with Gasteiger partial charge in [-0.25, -0.2) is 0 Å². The number of hydrogen-bond donors (Lipinski definition) is 1. The van der Waals surface area contributed by atoms with Crippen LogP contribution in [0.25, 0.3) is 0 Å². The van der Waals surface area contributed by atoms with Crippen LogP contribution in [-0.2, 0) is 5.41 Å². The molecule has 1 aromatic carbocycles. The summed E-state index contributed by atoms with van der Waals surface area (Å²) in [6.07, 6.45) is 3.99. The van der Waals surface area contributed by atoms with E-state index in [2.05, 4.69) is 47.5 Å². The van der Waals surface area contributed by atoms with Gasteiger partial charge in [-0.15, -0.1) is 0 Å². The van der Waals surface area contributed by atoms with E-state index < -0.39 is 5.41 Å². The molecule has 0 amide bonds. The molecule has 0 aromatic heterocycles. The minimum Gasteiger partial charge on any atom is -0.381 e. The number of nitrogens with one attached hydrogen (secondary N) is 1. The molecular weight excluding hydrogens is 258 g/mol. The quantitative estimate of drug-likeness (QED) is 0.919. The number of likely N-dealkylation sites (tertiary alicyclic amines) is 1. The van der Waals surface area contributed by atoms with Crippen LogP contribution in [0, 0.1) is 11.3 Å². The van der Waals surface area contributed by atoms with Crippen molar-refractivity contribution in [3.63, 3.8) is 0 Å². The van der Waals surface area contributed by atoms with Gasteiger partial charge < -0.3 is 5.32 Å². The number of rotatable bonds is 4. The first kappa shape index (κ1) is 14.4. The van der Waals surface area contributed by atoms with Gasteiger partial charge in [-0.05, 0) is 57.7 Å². The Morgan fingerprint density at radius 2 is 1.90 bits per heavy atom. The van der Waals surface area contributed by atoms with Crippen molar-refractivity contribution >= 4 is 5.69 Å². The van der Waals surface area contributed by atoms with Crippen LogP contribution in [0.15, 0.2) is 24.3 Å². The number of hydrogen-bond acceptors (Lipinski definition) is 3. The van der Waals surface area contributed by atoms with Crippen molar-refractivity contribution in [1.82, 2.24) is 4.90 Å². The van der Waals surface area contributed by atoms with Crippen LogP contribution in [-0.4, -0.2) is 29.6 Å². The van der Waals surface area contributed by atoms with E-state index in [1.807, 2.05) is 13.8 Å². The Balaban J connectivity index is 1.62. The van der Waals surface area contributed by atoms with Gasteiger partial charge in [0.05, 0.1) is 11.5 Å². The molecule has 3 heteroatoms. The fourth-order valence-corrected chi connectivity index (χ4v) is 3.36. The number of nitriles is 1. The molecule has 0 radical (unpaired) electrons. The number of anilines is 1. The highest BCUT2D eigenvalue weighted by Crippen LogP contribution is 2.34. The predicted octanol–water partition coefficient (Wildman–Crippen LogP) is 3.52. The van der Waals surface area contributed by atoms with Crippen LogP contribution in [0.4, 0.5) is 5.69 Å². The molecule has 1 aliphatic heterocycles. The molecule has 0 bridgehead atoms. The highest BCUT2D eigenvalue weighted by Gasteiger charge is 2.38. The van der Waals surface area contributed by atoms with E-state index >= 15 is 0 Å². The first-order valence-electron chi connectivity index (χ1n) is 8.03. The molecule has 1 saturated heterocycles. The summed E-state index contributed by atoms with van der Waals surface area (Å²) in [6.45, 7) is 7.43. The SMILES string of the molecule is CC1CC(Nc2ccc(C(C)(C)C#N)cc2)CN1C1CC1. The van der Waals surface area contributed by atoms with Crippen LogP contribution < -0.4 is 5.32 Å². The van der Waals surface area contributed by atoms with Crippen LogP contribution in [0.5, 0.6) is 0 Å². The maximum absolute atomic E-state index is 9.19. The lowest BCUT2D eigenvalue weighted by atomic mass is 9.86. The summed E-state index contributed by atoms with van der Waals surface area (Å²) in [5.74, 6) is 0. The Morgan fingerprint density at radius 1 is 1.24 bits per heavy atom. The topological polar surface area (TPSA) is 39.1 Å². The van der Waals surface area contributed by atoms with E-state index in [1.54, 1.807) is 0 Å². The lowest BCUT2D eigenvalue weighted by molar-refractivity contribution is 0.257. The number of nitrogens with zero attached hydrogens (tertiary/aromatic N) is 2. The highest BCUT2D eigenvalue weighted by molar-refractivity contribution is 5.48. The van der Waals surface area contributed by atoms with Gasteiger partial charge in [-0.1, -0.05) is 12.1 Å². The van der Waals surface area contributed by atoms with Crippen molar-refractivity contribution in [1.29, 1.82) is 5.26 Å². The Bertz CT molecular complexity index is 537. The van der Waals surface area contributed by atoms with Gasteiger partial charge in [-0.3, -0.25) is 4.90 Å². The van der Waals surface area contributed by atoms with E-state index in [0.717, 1.165) is 18.2 Å². The minimum absolute atomic E-state index is 0.414. The second kappa shape index (κ2) is 5.35. The van der Waals surface area contributed by atoms with Crippen LogP contribution in [0.2, 0.25) is 0 Å². The summed E-state index contributed by atoms with van der Waals surface area (Å²) in [5.41, 5.74) is 1.83. The van der Waals surface area contributed by atoms with E-state index in [-0.39, 0.29) is 0 Å². The molecule has 2 fully saturated rings. The second-order valence-electron chi connectivity index (χ2n) is 7.17. The Labute approximate surface area is 128 Å². The summed E-state index contributed by atoms with van der Waals surface area (Å²) >= 11 is 0. The van der Waals surface area contributed by atoms with Crippen molar-refractivity contribution in [2.45, 2.75) is 63.6 Å². The molecule has 112 valence electrons. The zero-order chi connectivity index (χ0) is 15.0. The van der Waals surface area contributed by atoms with E-state index in [0.29, 0.717) is 12.1 Å². The molecule has 2 unspecified atom stereocenters. The van der Waals surface area contributed by atoms with Gasteiger partial charge in [0.1, 0.15) is 0 Å². The van der Waals surface area contributed by atoms with Gasteiger partial charge in [-0.2, -0.15) is 5.26 Å². The van der Waals surface area contributed by atoms with Crippen molar-refractivity contribution in [2.24, 2.45) is 0 Å². The highest BCUT2D eigenvalue weighted by atomic mass is 15.3. The standard InChI is InChI=1S/C18H25N3/c1-13-10-16(11-21(13)17-8-9-17)20-15-6-4-14(5-7-15)18(2,3)12-19/h4-7,13,16-17,20H,8-11H2,1-3H3. The van der Waals surface area contributed by atoms with Gasteiger partial charge in [0, 0.05) is 30.4 Å². The molecule has 1 aromatic rings. The Kier molecular flexibility index (Phi) is 3.67. The summed E-state index contributed by atoms with van der Waals surface area (Å²) in [5, 5.41) is 12.8. The monoisotopic (exact) mass is 283 g/mol. The molecule has 0 spiro atoms. The molecule has 2 atom stereocenters. The van der Waals surface area contributed by atoms with Crippen LogP contribution >= 0.6 is 0 Å². The summed E-state index contributed by atoms with van der Waals surface area (Å²) < 4.78 is 0. The fourth-order valence-electron chi connectivity index (χ4n) is 3.36. The maximum atomic E-state index is 9.19. The largest absolute Gasteiger partial charge is 0.381 e. The van der Waals surface area contributed by atoms with Crippen LogP contribution in [0.3, 0.4) is 0 Å². The summed E-state index contributed by atoms with van der Waals surface area (Å²) in [4.78, 5) is 2.66. The molecule has 3 nitrogen and oxygen atoms in total. The third-order valence-electron chi connectivity index (χ3n) is 4.90. The average Bonchev–Trinajstić information content (AvgIpc) is 3.24. The molecule has 21 heavy (non-hydrogen) atoms. The normalized spacial score (nSPS) is 26.6. The average molecular weight is 283 g/mol. The first-order valence-corrected chi connectivity index (χ1v) is 8.03. The summed E-state index contributed by atoms with van der Waals surface area (Å²) in [7, 11) is 0. The third kappa shape index (κ3) is 3.06. The first-order chi connectivity index (χ1) is 9.99. The molecule has 1 saturated carbocycles. The molecule has 1 aliphatic carbocycles. The fraction of sp³-hybridized carbons (Fsp3) is 0.611. The summed E-state index contributed by atoms with van der Waals surface area (Å²) in [6, 6.07) is 12.8. The van der Waals surface area contributed by atoms with Crippen molar-refractivity contribution < 1.29 is 0 Å². The Hall–Kier alpha value is -1.53. The molecule has 1 heterocycles. The zero-order valence-corrected chi connectivity index (χ0v) is 13.3. The van der Waals surface area contributed by atoms with Gasteiger partial charge in [0.2, 0.25) is 0 Å². The van der Waals surface area contributed by atoms with E-state index in [1.165, 1.54) is 24.9 Å². The van der Waals surface area contributed by atoms with Crippen molar-refractivity contribution in [2.75, 3.05) is 11.9 Å². The third-order valence-corrected chi connectivity index (χ3v) is 4.90. The minimum atomic E-state index is -0.414. The lowest BCUT2D eigenvalue weighted by Gasteiger charge is -2.20. The van der Waals surface area contributed by atoms with Gasteiger partial charge >= 0.3 is 0 Å². The van der Waals surface area contributed by atoms with E-state index in [9.17, 15) is 5.26 Å². The van der Waals surface area contributed by atoms with E-state index in [4.69, 9.17) is 0 Å². The second-order valence-corrected chi connectivity index (χ2v) is 7.17. The molecule has 1 N–H and O–H groups in total. The van der Waals surface area contributed by atoms with Gasteiger partial charge in [0.25, 0.3) is 0 Å². The number of benzene rings is 1. The molecule has 3 rings (SSSR count). The van der Waals surface area contributed by atoms with Crippen LogP contribution in [0.1, 0.15) is 45.6 Å². The van der Waals surface area contributed by atoms with Crippen molar-refractivity contribution in [3.05, 3.63) is 29.8 Å². The zero-order valence-electron chi connectivity index (χ0n) is 13.3. The predicted molar refractivity (Wildman–Crippen MR) is 86.3 cm³/mol. The molecular formula is C18H25N3. The molecule has 2 aliphatic rings. The van der Waals surface area contributed by atoms with Gasteiger partial charge in [0.15, 0.2) is 0 Å². The van der Waals surface area contributed by atoms with Crippen molar-refractivity contribution in [3.8, 4) is 6.07 Å². The maximum Gasteiger partial charge on any atom is 0.0766 e. The lowest BCUT2D eigenvalue weighted by Crippen LogP contribution is -2.31.